The van der Waals surface area contributed by atoms with E-state index >= 15 is 0 Å². The molecule has 0 spiro atoms. The van der Waals surface area contributed by atoms with Gasteiger partial charge in [-0.15, -0.1) is 0 Å². The molecule has 5 heteroatoms. The fourth-order valence-corrected chi connectivity index (χ4v) is 3.42. The average molecular weight is 305 g/mol. The third kappa shape index (κ3) is 3.88. The summed E-state index contributed by atoms with van der Waals surface area (Å²) in [7, 11) is 0. The minimum Gasteiger partial charge on any atom is -0.478 e. The first-order valence-electron chi connectivity index (χ1n) is 6.96. The molecule has 1 amide bonds. The summed E-state index contributed by atoms with van der Waals surface area (Å²) in [6.45, 7) is 4.86. The van der Waals surface area contributed by atoms with Crippen LogP contribution in [-0.4, -0.2) is 28.4 Å². The molecule has 1 aromatic carbocycles. The van der Waals surface area contributed by atoms with Gasteiger partial charge in [-0.05, 0) is 17.9 Å². The van der Waals surface area contributed by atoms with Crippen LogP contribution in [0.1, 0.15) is 31.2 Å². The highest BCUT2D eigenvalue weighted by Crippen LogP contribution is 2.45. The summed E-state index contributed by atoms with van der Waals surface area (Å²) >= 11 is 1.32. The van der Waals surface area contributed by atoms with Crippen molar-refractivity contribution in [2.24, 2.45) is 5.92 Å². The van der Waals surface area contributed by atoms with Crippen LogP contribution in [0.2, 0.25) is 0 Å². The number of hydrogen-bond donors (Lipinski definition) is 1. The molecule has 1 saturated heterocycles. The van der Waals surface area contributed by atoms with E-state index in [-0.39, 0.29) is 11.3 Å². The first-order chi connectivity index (χ1) is 9.99. The monoisotopic (exact) mass is 305 g/mol. The maximum Gasteiger partial charge on any atom is 0.329 e. The molecule has 1 N–H and O–H groups in total. The van der Waals surface area contributed by atoms with Crippen LogP contribution in [-0.2, 0) is 9.59 Å². The summed E-state index contributed by atoms with van der Waals surface area (Å²) in [6.07, 6.45) is 1.91. The average Bonchev–Trinajstić information content (AvgIpc) is 2.74. The van der Waals surface area contributed by atoms with Crippen LogP contribution in [0.3, 0.4) is 0 Å². The highest BCUT2D eigenvalue weighted by Gasteiger charge is 2.37. The molecular formula is C16H19NO3S. The van der Waals surface area contributed by atoms with Gasteiger partial charge in [0.2, 0.25) is 0 Å². The molecule has 21 heavy (non-hydrogen) atoms. The van der Waals surface area contributed by atoms with Gasteiger partial charge in [0.15, 0.2) is 0 Å². The molecule has 1 aliphatic rings. The van der Waals surface area contributed by atoms with Crippen molar-refractivity contribution in [2.75, 3.05) is 6.54 Å². The Bertz CT molecular complexity index is 554. The number of carbonyl (C=O) groups excluding carboxylic acids is 1. The lowest BCUT2D eigenvalue weighted by Gasteiger charge is -2.24. The molecular weight excluding hydrogens is 286 g/mol. The van der Waals surface area contributed by atoms with Gasteiger partial charge in [0.1, 0.15) is 5.37 Å². The molecule has 0 aliphatic carbocycles. The number of nitrogens with zero attached hydrogens (tertiary/aromatic N) is 1. The number of benzene rings is 1. The van der Waals surface area contributed by atoms with Gasteiger partial charge in [-0.1, -0.05) is 55.9 Å². The number of hydrogen-bond acceptors (Lipinski definition) is 3. The number of carbonyl (C=O) groups is 2. The molecule has 2 rings (SSSR count). The molecule has 112 valence electrons. The van der Waals surface area contributed by atoms with Crippen molar-refractivity contribution >= 4 is 23.6 Å². The van der Waals surface area contributed by atoms with Crippen molar-refractivity contribution in [1.29, 1.82) is 0 Å². The Morgan fingerprint density at radius 1 is 1.38 bits per heavy atom. The van der Waals surface area contributed by atoms with Crippen LogP contribution in [0.5, 0.6) is 0 Å². The van der Waals surface area contributed by atoms with Gasteiger partial charge in [0.05, 0.1) is 4.91 Å². The summed E-state index contributed by atoms with van der Waals surface area (Å²) in [5, 5.41) is 8.76. The zero-order chi connectivity index (χ0) is 15.4. The fourth-order valence-electron chi connectivity index (χ4n) is 2.17. The van der Waals surface area contributed by atoms with Gasteiger partial charge in [-0.3, -0.25) is 4.79 Å². The first kappa shape index (κ1) is 15.6. The lowest BCUT2D eigenvalue weighted by atomic mass is 10.1. The lowest BCUT2D eigenvalue weighted by Crippen LogP contribution is -2.29. The maximum absolute atomic E-state index is 12.4. The molecule has 1 aliphatic heterocycles. The number of aliphatic carboxylic acids is 1. The maximum atomic E-state index is 12.4. The molecule has 1 atom stereocenters. The van der Waals surface area contributed by atoms with Gasteiger partial charge in [-0.25, -0.2) is 4.79 Å². The molecule has 0 saturated carbocycles. The molecule has 0 bridgehead atoms. The van der Waals surface area contributed by atoms with Crippen LogP contribution in [0, 0.1) is 5.92 Å². The third-order valence-corrected chi connectivity index (χ3v) is 4.58. The van der Waals surface area contributed by atoms with E-state index in [1.54, 1.807) is 4.90 Å². The van der Waals surface area contributed by atoms with Gasteiger partial charge in [-0.2, -0.15) is 0 Å². The van der Waals surface area contributed by atoms with Crippen molar-refractivity contribution in [3.8, 4) is 0 Å². The number of thioether (sulfide) groups is 1. The Morgan fingerprint density at radius 3 is 2.62 bits per heavy atom. The Kier molecular flexibility index (Phi) is 5.07. The van der Waals surface area contributed by atoms with E-state index in [9.17, 15) is 9.59 Å². The summed E-state index contributed by atoms with van der Waals surface area (Å²) in [4.78, 5) is 25.3. The highest BCUT2D eigenvalue weighted by molar-refractivity contribution is 8.04. The Labute approximate surface area is 128 Å². The molecule has 1 aromatic rings. The molecule has 1 heterocycles. The fraction of sp³-hybridized carbons (Fsp3) is 0.375. The number of amides is 1. The van der Waals surface area contributed by atoms with E-state index in [4.69, 9.17) is 5.11 Å². The van der Waals surface area contributed by atoms with E-state index in [1.807, 2.05) is 30.3 Å². The summed E-state index contributed by atoms with van der Waals surface area (Å²) in [5.41, 5.74) is 1.02. The number of rotatable bonds is 5. The van der Waals surface area contributed by atoms with Gasteiger partial charge in [0.25, 0.3) is 5.91 Å². The van der Waals surface area contributed by atoms with Crippen LogP contribution >= 0.6 is 11.8 Å². The zero-order valence-corrected chi connectivity index (χ0v) is 13.0. The standard InChI is InChI=1S/C16H19NO3S/c1-11(2)8-9-17-15(20)13(10-14(18)19)21-16(17)12-6-4-3-5-7-12/h3-7,10-11,16H,8-9H2,1-2H3,(H,18,19). The Hall–Kier alpha value is -1.75. The largest absolute Gasteiger partial charge is 0.478 e. The van der Waals surface area contributed by atoms with Crippen molar-refractivity contribution in [3.63, 3.8) is 0 Å². The predicted octanol–water partition coefficient (Wildman–Crippen LogP) is 3.28. The zero-order valence-electron chi connectivity index (χ0n) is 12.2. The van der Waals surface area contributed by atoms with E-state index in [1.165, 1.54) is 11.8 Å². The van der Waals surface area contributed by atoms with E-state index in [2.05, 4.69) is 13.8 Å². The van der Waals surface area contributed by atoms with E-state index < -0.39 is 5.97 Å². The first-order valence-corrected chi connectivity index (χ1v) is 7.84. The summed E-state index contributed by atoms with van der Waals surface area (Å²) in [6, 6.07) is 9.73. The van der Waals surface area contributed by atoms with Crippen molar-refractivity contribution in [2.45, 2.75) is 25.6 Å². The second kappa shape index (κ2) is 6.80. The quantitative estimate of drug-likeness (QED) is 0.848. The molecule has 4 nitrogen and oxygen atoms in total. The molecule has 1 fully saturated rings. The molecule has 0 aromatic heterocycles. The minimum absolute atomic E-state index is 0.136. The van der Waals surface area contributed by atoms with E-state index in [0.29, 0.717) is 17.4 Å². The predicted molar refractivity (Wildman–Crippen MR) is 83.7 cm³/mol. The van der Waals surface area contributed by atoms with Crippen molar-refractivity contribution in [1.82, 2.24) is 4.90 Å². The second-order valence-corrected chi connectivity index (χ2v) is 6.53. The summed E-state index contributed by atoms with van der Waals surface area (Å²) < 4.78 is 0. The highest BCUT2D eigenvalue weighted by atomic mass is 32.2. The number of carboxylic acids is 1. The second-order valence-electron chi connectivity index (χ2n) is 5.41. The van der Waals surface area contributed by atoms with Crippen LogP contribution in [0.25, 0.3) is 0 Å². The minimum atomic E-state index is -1.08. The van der Waals surface area contributed by atoms with Crippen LogP contribution < -0.4 is 0 Å². The lowest BCUT2D eigenvalue weighted by molar-refractivity contribution is -0.132. The smallest absolute Gasteiger partial charge is 0.329 e. The van der Waals surface area contributed by atoms with Crippen LogP contribution in [0.4, 0.5) is 0 Å². The van der Waals surface area contributed by atoms with E-state index in [0.717, 1.165) is 18.1 Å². The van der Waals surface area contributed by atoms with Crippen molar-refractivity contribution < 1.29 is 14.7 Å². The van der Waals surface area contributed by atoms with Gasteiger partial charge < -0.3 is 10.0 Å². The topological polar surface area (TPSA) is 57.6 Å². The Balaban J connectivity index is 2.27. The number of carboxylic acid groups (broad SMARTS) is 1. The van der Waals surface area contributed by atoms with Gasteiger partial charge in [0, 0.05) is 12.6 Å². The van der Waals surface area contributed by atoms with Crippen LogP contribution in [0.15, 0.2) is 41.3 Å². The SMILES string of the molecule is CC(C)CCN1C(=O)C(=CC(=O)O)SC1c1ccccc1. The molecule has 0 radical (unpaired) electrons. The Morgan fingerprint density at radius 2 is 2.05 bits per heavy atom. The normalized spacial score (nSPS) is 20.5. The van der Waals surface area contributed by atoms with Gasteiger partial charge >= 0.3 is 5.97 Å². The molecule has 1 unspecified atom stereocenters. The van der Waals surface area contributed by atoms with Crippen molar-refractivity contribution in [3.05, 3.63) is 46.9 Å². The summed E-state index contributed by atoms with van der Waals surface area (Å²) in [5.74, 6) is -0.771. The third-order valence-electron chi connectivity index (χ3n) is 3.28.